The van der Waals surface area contributed by atoms with E-state index in [2.05, 4.69) is 18.7 Å². The van der Waals surface area contributed by atoms with Crippen LogP contribution in [0.3, 0.4) is 0 Å². The Labute approximate surface area is 62.3 Å². The molecule has 0 aromatic carbocycles. The minimum atomic E-state index is 0.967. The molecular weight excluding hydrogens is 220 g/mol. The normalized spacial score (nSPS) is 32.6. The van der Waals surface area contributed by atoms with E-state index in [1.54, 1.807) is 0 Å². The molecule has 0 spiro atoms. The van der Waals surface area contributed by atoms with Crippen LogP contribution in [-0.2, 0) is 0 Å². The van der Waals surface area contributed by atoms with Crippen LogP contribution in [0.4, 0.5) is 0 Å². The zero-order valence-corrected chi connectivity index (χ0v) is 7.79. The van der Waals surface area contributed by atoms with E-state index in [4.69, 9.17) is 0 Å². The molecule has 0 nitrogen and oxygen atoms in total. The molecule has 0 aliphatic carbocycles. The van der Waals surface area contributed by atoms with Crippen LogP contribution in [0, 0.1) is 0 Å². The van der Waals surface area contributed by atoms with Gasteiger partial charge in [0.05, 0.1) is 0 Å². The molecule has 1 aliphatic heterocycles. The number of hydrogen-bond donors (Lipinski definition) is 0. The van der Waals surface area contributed by atoms with Crippen LogP contribution in [0.1, 0.15) is 13.3 Å². The van der Waals surface area contributed by atoms with Gasteiger partial charge in [-0.1, -0.05) is 0 Å². The molecule has 2 atom stereocenters. The Kier molecular flexibility index (Phi) is 2.34. The van der Waals surface area contributed by atoms with Crippen LogP contribution in [0.25, 0.3) is 0 Å². The Morgan fingerprint density at radius 3 is 2.71 bits per heavy atom. The van der Waals surface area contributed by atoms with Crippen molar-refractivity contribution >= 4 is 34.1 Å². The first-order valence-corrected chi connectivity index (χ1v) is 5.11. The summed E-state index contributed by atoms with van der Waals surface area (Å²) in [4.78, 5) is 0. The summed E-state index contributed by atoms with van der Waals surface area (Å²) in [7, 11) is 0. The fourth-order valence-electron chi connectivity index (χ4n) is 0.585. The summed E-state index contributed by atoms with van der Waals surface area (Å²) in [6.45, 7) is 2.31. The first-order chi connectivity index (χ1) is 3.29. The molecule has 1 heterocycles. The predicted octanol–water partition coefficient (Wildman–Crippen LogP) is 1.20. The van der Waals surface area contributed by atoms with E-state index >= 15 is 0 Å². The predicted molar refractivity (Wildman–Crippen MR) is 37.4 cm³/mol. The van der Waals surface area contributed by atoms with Gasteiger partial charge in [0.15, 0.2) is 0 Å². The average molecular weight is 230 g/mol. The first kappa shape index (κ1) is 6.26. The molecule has 0 N–H and O–H groups in total. The van der Waals surface area contributed by atoms with Gasteiger partial charge in [-0.2, -0.15) is 0 Å². The molecule has 1 saturated heterocycles. The molecule has 2 unspecified atom stereocenters. The van der Waals surface area contributed by atoms with Crippen LogP contribution in [0.15, 0.2) is 0 Å². The monoisotopic (exact) mass is 232 g/mol. The van der Waals surface area contributed by atoms with Gasteiger partial charge >= 0.3 is 62.4 Å². The van der Waals surface area contributed by atoms with E-state index in [1.807, 2.05) is 22.3 Å². The van der Waals surface area contributed by atoms with Crippen LogP contribution in [0.2, 0.25) is 3.97 Å². The Morgan fingerprint density at radius 1 is 2.00 bits per heavy atom. The molecule has 1 aliphatic rings. The van der Waals surface area contributed by atoms with Gasteiger partial charge in [0, 0.05) is 0 Å². The SMILES string of the molecule is CC([TeH])CC1CS1. The van der Waals surface area contributed by atoms with Gasteiger partial charge in [0.2, 0.25) is 0 Å². The standard InChI is InChI=1S/C5H10STe/c1-4(7)2-5-3-6-5/h4-5,7H,2-3H2,1H3. The molecular formula is C5H10STe. The van der Waals surface area contributed by atoms with Crippen LogP contribution < -0.4 is 0 Å². The van der Waals surface area contributed by atoms with Crippen molar-refractivity contribution in [1.82, 2.24) is 0 Å². The molecule has 0 saturated carbocycles. The van der Waals surface area contributed by atoms with Gasteiger partial charge in [0.1, 0.15) is 0 Å². The molecule has 42 valence electrons. The van der Waals surface area contributed by atoms with E-state index in [1.165, 1.54) is 12.2 Å². The molecule has 0 bridgehead atoms. The molecule has 0 radical (unpaired) electrons. The molecule has 0 aromatic heterocycles. The van der Waals surface area contributed by atoms with Crippen molar-refractivity contribution in [2.24, 2.45) is 0 Å². The second kappa shape index (κ2) is 2.62. The quantitative estimate of drug-likeness (QED) is 0.507. The van der Waals surface area contributed by atoms with Crippen molar-refractivity contribution in [1.29, 1.82) is 0 Å². The summed E-state index contributed by atoms with van der Waals surface area (Å²) in [5.74, 6) is 1.44. The van der Waals surface area contributed by atoms with Crippen LogP contribution >= 0.6 is 11.8 Å². The molecule has 1 rings (SSSR count). The molecule has 2 heteroatoms. The maximum absolute atomic E-state index is 2.31. The molecule has 0 aromatic rings. The van der Waals surface area contributed by atoms with E-state index in [0.717, 1.165) is 9.22 Å². The third-order valence-electron chi connectivity index (χ3n) is 1.01. The number of hydrogen-bond acceptors (Lipinski definition) is 1. The summed E-state index contributed by atoms with van der Waals surface area (Å²) in [5, 5.41) is 1.05. The van der Waals surface area contributed by atoms with Crippen molar-refractivity contribution in [2.75, 3.05) is 5.75 Å². The fraction of sp³-hybridized carbons (Fsp3) is 1.00. The van der Waals surface area contributed by atoms with E-state index in [9.17, 15) is 0 Å². The van der Waals surface area contributed by atoms with Crippen molar-refractivity contribution in [3.05, 3.63) is 0 Å². The third-order valence-corrected chi connectivity index (χ3v) is 2.61. The summed E-state index contributed by atoms with van der Waals surface area (Å²) in [6.07, 6.45) is 1.46. The van der Waals surface area contributed by atoms with Gasteiger partial charge in [-0.15, -0.1) is 0 Å². The number of rotatable bonds is 2. The van der Waals surface area contributed by atoms with Gasteiger partial charge < -0.3 is 0 Å². The van der Waals surface area contributed by atoms with Crippen molar-refractivity contribution in [3.8, 4) is 0 Å². The minimum absolute atomic E-state index is 0.967. The second-order valence-electron chi connectivity index (χ2n) is 2.04. The summed E-state index contributed by atoms with van der Waals surface area (Å²) in [5.41, 5.74) is 0. The Balaban J connectivity index is 1.97. The van der Waals surface area contributed by atoms with Crippen molar-refractivity contribution in [3.63, 3.8) is 0 Å². The summed E-state index contributed by atoms with van der Waals surface area (Å²) >= 11 is 4.07. The Bertz CT molecular complexity index is 59.1. The number of thioether (sulfide) groups is 1. The molecule has 7 heavy (non-hydrogen) atoms. The van der Waals surface area contributed by atoms with Gasteiger partial charge in [-0.3, -0.25) is 0 Å². The summed E-state index contributed by atoms with van der Waals surface area (Å²) < 4.78 is 0.967. The van der Waals surface area contributed by atoms with Crippen molar-refractivity contribution < 1.29 is 0 Å². The van der Waals surface area contributed by atoms with Gasteiger partial charge in [0.25, 0.3) is 0 Å². The molecule has 1 fully saturated rings. The third kappa shape index (κ3) is 2.85. The van der Waals surface area contributed by atoms with Gasteiger partial charge in [-0.25, -0.2) is 0 Å². The zero-order chi connectivity index (χ0) is 5.28. The molecule has 0 amide bonds. The van der Waals surface area contributed by atoms with Crippen LogP contribution in [-0.4, -0.2) is 33.3 Å². The van der Waals surface area contributed by atoms with Gasteiger partial charge in [-0.05, 0) is 0 Å². The van der Waals surface area contributed by atoms with Crippen molar-refractivity contribution in [2.45, 2.75) is 22.6 Å². The maximum atomic E-state index is 2.31. The second-order valence-corrected chi connectivity index (χ2v) is 5.89. The van der Waals surface area contributed by atoms with E-state index in [-0.39, 0.29) is 0 Å². The van der Waals surface area contributed by atoms with E-state index in [0.29, 0.717) is 0 Å². The van der Waals surface area contributed by atoms with E-state index < -0.39 is 0 Å². The topological polar surface area (TPSA) is 0 Å². The summed E-state index contributed by atoms with van der Waals surface area (Å²) in [6, 6.07) is 0. The Hall–Kier alpha value is 1.14. The zero-order valence-electron chi connectivity index (χ0n) is 4.42. The Morgan fingerprint density at radius 2 is 2.57 bits per heavy atom. The van der Waals surface area contributed by atoms with Crippen LogP contribution in [0.5, 0.6) is 0 Å². The fourth-order valence-corrected chi connectivity index (χ4v) is 2.43. The average Bonchev–Trinajstić information content (AvgIpc) is 2.17. The first-order valence-electron chi connectivity index (χ1n) is 2.58.